The van der Waals surface area contributed by atoms with Crippen LogP contribution in [0, 0.1) is 0 Å². The maximum atomic E-state index is 12.5. The second kappa shape index (κ2) is 8.13. The normalized spacial score (nSPS) is 18.3. The Kier molecular flexibility index (Phi) is 5.16. The highest BCUT2D eigenvalue weighted by atomic mass is 32.1. The molecule has 1 aromatic carbocycles. The van der Waals surface area contributed by atoms with Gasteiger partial charge in [-0.2, -0.15) is 5.10 Å². The molecule has 3 aromatic heterocycles. The predicted molar refractivity (Wildman–Crippen MR) is 121 cm³/mol. The van der Waals surface area contributed by atoms with Gasteiger partial charge in [-0.15, -0.1) is 11.3 Å². The lowest BCUT2D eigenvalue weighted by Crippen LogP contribution is -2.36. The molecule has 1 aliphatic heterocycles. The van der Waals surface area contributed by atoms with E-state index in [-0.39, 0.29) is 5.91 Å². The van der Waals surface area contributed by atoms with Crippen molar-refractivity contribution in [3.8, 4) is 22.0 Å². The van der Waals surface area contributed by atoms with Crippen molar-refractivity contribution in [3.63, 3.8) is 0 Å². The number of likely N-dealkylation sites (tertiary alicyclic amines) is 1. The van der Waals surface area contributed by atoms with Crippen LogP contribution < -0.4 is 5.32 Å². The van der Waals surface area contributed by atoms with Crippen LogP contribution in [-0.4, -0.2) is 54.7 Å². The number of nitrogens with zero attached hydrogens (tertiary/aromatic N) is 5. The van der Waals surface area contributed by atoms with Crippen LogP contribution in [0.5, 0.6) is 0 Å². The minimum atomic E-state index is -1.48. The fraction of sp³-hybridized carbons (Fsp3) is 0.227. The summed E-state index contributed by atoms with van der Waals surface area (Å²) in [5.74, 6) is 0.222. The molecule has 0 radical (unpaired) electrons. The second-order valence-electron chi connectivity index (χ2n) is 7.64. The Morgan fingerprint density at radius 2 is 2.16 bits per heavy atom. The highest BCUT2D eigenvalue weighted by Gasteiger charge is 2.45. The molecule has 1 atom stereocenters. The fourth-order valence-electron chi connectivity index (χ4n) is 3.70. The first-order valence-corrected chi connectivity index (χ1v) is 11.0. The molecule has 32 heavy (non-hydrogen) atoms. The number of nitrogens with one attached hydrogen (secondary N) is 2. The lowest BCUT2D eigenvalue weighted by molar-refractivity contribution is -0.143. The number of rotatable bonds is 6. The molecule has 1 amide bonds. The Bertz CT molecular complexity index is 1260. The number of aliphatic hydroxyl groups is 1. The molecule has 4 aromatic rings. The molecule has 162 valence electrons. The minimum Gasteiger partial charge on any atom is -0.375 e. The van der Waals surface area contributed by atoms with Crippen LogP contribution >= 0.6 is 11.3 Å². The van der Waals surface area contributed by atoms with Gasteiger partial charge < -0.3 is 15.3 Å². The Labute approximate surface area is 188 Å². The zero-order valence-electron chi connectivity index (χ0n) is 17.3. The van der Waals surface area contributed by atoms with Gasteiger partial charge in [0, 0.05) is 43.4 Å². The van der Waals surface area contributed by atoms with Crippen molar-refractivity contribution in [2.24, 2.45) is 0 Å². The number of aromatic nitrogens is 5. The molecule has 0 unspecified atom stereocenters. The summed E-state index contributed by atoms with van der Waals surface area (Å²) in [5.41, 5.74) is 2.29. The molecule has 1 fully saturated rings. The molecule has 3 N–H and O–H groups in total. The Balaban J connectivity index is 1.38. The number of hydrogen-bond acceptors (Lipinski definition) is 8. The van der Waals surface area contributed by atoms with Crippen LogP contribution in [0.3, 0.4) is 0 Å². The van der Waals surface area contributed by atoms with Crippen molar-refractivity contribution in [3.05, 3.63) is 65.4 Å². The van der Waals surface area contributed by atoms with E-state index < -0.39 is 5.60 Å². The average molecular weight is 448 g/mol. The maximum absolute atomic E-state index is 12.5. The van der Waals surface area contributed by atoms with E-state index >= 15 is 0 Å². The molecule has 0 saturated carbocycles. The number of likely N-dealkylation sites (N-methyl/N-ethyl adjacent to an activating group) is 1. The van der Waals surface area contributed by atoms with Crippen molar-refractivity contribution < 1.29 is 9.90 Å². The molecule has 0 spiro atoms. The van der Waals surface area contributed by atoms with E-state index in [0.29, 0.717) is 36.7 Å². The van der Waals surface area contributed by atoms with Crippen LogP contribution in [0.1, 0.15) is 17.7 Å². The van der Waals surface area contributed by atoms with Crippen molar-refractivity contribution in [1.82, 2.24) is 30.0 Å². The number of thiazole rings is 1. The molecular formula is C22H21N7O2S. The van der Waals surface area contributed by atoms with Gasteiger partial charge in [0.2, 0.25) is 5.95 Å². The van der Waals surface area contributed by atoms with Gasteiger partial charge in [-0.05, 0) is 23.8 Å². The molecule has 1 saturated heterocycles. The summed E-state index contributed by atoms with van der Waals surface area (Å²) in [4.78, 5) is 27.6. The number of aromatic amines is 1. The summed E-state index contributed by atoms with van der Waals surface area (Å²) in [6.07, 6.45) is 3.83. The largest absolute Gasteiger partial charge is 0.375 e. The number of carbonyl (C=O) groups is 1. The zero-order chi connectivity index (χ0) is 22.1. The van der Waals surface area contributed by atoms with Gasteiger partial charge in [0.05, 0.1) is 17.9 Å². The number of anilines is 1. The third kappa shape index (κ3) is 3.74. The standard InChI is InChI=1S/C22H21N7O2S/c1-29-10-7-22(31,20(29)30)15-4-2-3-14(11-15)18-13-32-19(26-18)17-6-8-23-21(27-17)24-12-16-5-9-25-28-16/h2-6,8-9,11,13,31H,7,10,12H2,1H3,(H,25,28)(H,23,24,27)/t22-/m1/s1. The first-order valence-electron chi connectivity index (χ1n) is 10.1. The topological polar surface area (TPSA) is 120 Å². The van der Waals surface area contributed by atoms with E-state index in [2.05, 4.69) is 25.5 Å². The minimum absolute atomic E-state index is 0.274. The molecule has 9 nitrogen and oxygen atoms in total. The second-order valence-corrected chi connectivity index (χ2v) is 8.50. The van der Waals surface area contributed by atoms with Crippen molar-refractivity contribution in [2.45, 2.75) is 18.6 Å². The molecular weight excluding hydrogens is 426 g/mol. The highest BCUT2D eigenvalue weighted by molar-refractivity contribution is 7.13. The predicted octanol–water partition coefficient (Wildman–Crippen LogP) is 2.65. The third-order valence-electron chi connectivity index (χ3n) is 5.51. The van der Waals surface area contributed by atoms with Crippen molar-refractivity contribution in [2.75, 3.05) is 18.9 Å². The smallest absolute Gasteiger partial charge is 0.258 e. The summed E-state index contributed by atoms with van der Waals surface area (Å²) in [6.45, 7) is 1.05. The Hall–Kier alpha value is -3.63. The third-order valence-corrected chi connectivity index (χ3v) is 6.38. The maximum Gasteiger partial charge on any atom is 0.258 e. The lowest BCUT2D eigenvalue weighted by atomic mass is 9.90. The molecule has 10 heteroatoms. The van der Waals surface area contributed by atoms with E-state index in [4.69, 9.17) is 4.98 Å². The zero-order valence-corrected chi connectivity index (χ0v) is 18.1. The van der Waals surface area contributed by atoms with E-state index in [1.54, 1.807) is 30.4 Å². The van der Waals surface area contributed by atoms with Gasteiger partial charge in [-0.1, -0.05) is 18.2 Å². The number of H-pyrrole nitrogens is 1. The number of hydrogen-bond donors (Lipinski definition) is 3. The molecule has 5 rings (SSSR count). The number of benzene rings is 1. The average Bonchev–Trinajstić information content (AvgIpc) is 3.57. The monoisotopic (exact) mass is 447 g/mol. The van der Waals surface area contributed by atoms with Gasteiger partial charge >= 0.3 is 0 Å². The first-order chi connectivity index (χ1) is 15.5. The van der Waals surface area contributed by atoms with Gasteiger partial charge in [-0.25, -0.2) is 15.0 Å². The SMILES string of the molecule is CN1CC[C@@](O)(c2cccc(-c3csc(-c4ccnc(NCc5cc[nH]n5)n4)n3)c2)C1=O. The van der Waals surface area contributed by atoms with Crippen LogP contribution in [0.4, 0.5) is 5.95 Å². The van der Waals surface area contributed by atoms with Crippen LogP contribution in [0.15, 0.2) is 54.2 Å². The summed E-state index contributed by atoms with van der Waals surface area (Å²) >= 11 is 1.48. The number of amides is 1. The molecule has 0 aliphatic carbocycles. The Morgan fingerprint density at radius 3 is 2.94 bits per heavy atom. The van der Waals surface area contributed by atoms with E-state index in [0.717, 1.165) is 22.0 Å². The van der Waals surface area contributed by atoms with E-state index in [9.17, 15) is 9.90 Å². The summed E-state index contributed by atoms with van der Waals surface area (Å²) in [6, 6.07) is 11.1. The summed E-state index contributed by atoms with van der Waals surface area (Å²) in [5, 5.41) is 23.7. The van der Waals surface area contributed by atoms with Crippen molar-refractivity contribution in [1.29, 1.82) is 0 Å². The van der Waals surface area contributed by atoms with Crippen LogP contribution in [0.2, 0.25) is 0 Å². The van der Waals surface area contributed by atoms with E-state index in [1.807, 2.05) is 35.7 Å². The number of carbonyl (C=O) groups excluding carboxylic acids is 1. The Morgan fingerprint density at radius 1 is 1.25 bits per heavy atom. The molecule has 4 heterocycles. The van der Waals surface area contributed by atoms with Gasteiger partial charge in [-0.3, -0.25) is 9.89 Å². The van der Waals surface area contributed by atoms with E-state index in [1.165, 1.54) is 11.3 Å². The molecule has 1 aliphatic rings. The van der Waals surface area contributed by atoms with Gasteiger partial charge in [0.25, 0.3) is 5.91 Å². The molecule has 0 bridgehead atoms. The van der Waals surface area contributed by atoms with Crippen molar-refractivity contribution >= 4 is 23.2 Å². The van der Waals surface area contributed by atoms with Gasteiger partial charge in [0.1, 0.15) is 10.7 Å². The van der Waals surface area contributed by atoms with Crippen LogP contribution in [0.25, 0.3) is 22.0 Å². The first kappa shape index (κ1) is 20.3. The quantitative estimate of drug-likeness (QED) is 0.416. The van der Waals surface area contributed by atoms with Gasteiger partial charge in [0.15, 0.2) is 5.60 Å². The summed E-state index contributed by atoms with van der Waals surface area (Å²) in [7, 11) is 1.70. The summed E-state index contributed by atoms with van der Waals surface area (Å²) < 4.78 is 0. The fourth-order valence-corrected chi connectivity index (χ4v) is 4.50. The van der Waals surface area contributed by atoms with Crippen LogP contribution in [-0.2, 0) is 16.9 Å². The highest BCUT2D eigenvalue weighted by Crippen LogP contribution is 2.35. The lowest BCUT2D eigenvalue weighted by Gasteiger charge is -2.21.